The van der Waals surface area contributed by atoms with Crippen molar-refractivity contribution in [3.8, 4) is 16.8 Å². The van der Waals surface area contributed by atoms with Gasteiger partial charge in [0.2, 0.25) is 0 Å². The van der Waals surface area contributed by atoms with Gasteiger partial charge >= 0.3 is 0 Å². The van der Waals surface area contributed by atoms with E-state index in [0.29, 0.717) is 30.3 Å². The summed E-state index contributed by atoms with van der Waals surface area (Å²) < 4.78 is 8.41. The van der Waals surface area contributed by atoms with Crippen LogP contribution in [0, 0.1) is 0 Å². The summed E-state index contributed by atoms with van der Waals surface area (Å²) in [6.07, 6.45) is 3.58. The lowest BCUT2D eigenvalue weighted by atomic mass is 9.83. The van der Waals surface area contributed by atoms with E-state index >= 15 is 0 Å². The molecule has 0 bridgehead atoms. The molecule has 4 aromatic carbocycles. The predicted octanol–water partition coefficient (Wildman–Crippen LogP) is 7.61. The number of fused-ring (bicyclic) bond motifs is 3. The molecule has 0 aliphatic carbocycles. The van der Waals surface area contributed by atoms with E-state index in [1.807, 2.05) is 47.5 Å². The number of hydrogen-bond donors (Lipinski definition) is 0. The van der Waals surface area contributed by atoms with Gasteiger partial charge in [-0.25, -0.2) is 0 Å². The number of rotatable bonds is 3. The van der Waals surface area contributed by atoms with Crippen molar-refractivity contribution in [1.29, 1.82) is 0 Å². The van der Waals surface area contributed by atoms with E-state index in [0.717, 1.165) is 40.6 Å². The number of carbonyl (C=O) groups excluding carboxylic acids is 1. The molecule has 1 amide bonds. The minimum absolute atomic E-state index is 0.0522. The van der Waals surface area contributed by atoms with Crippen molar-refractivity contribution in [1.82, 2.24) is 9.47 Å². The average molecular weight is 519 g/mol. The van der Waals surface area contributed by atoms with Crippen LogP contribution in [-0.4, -0.2) is 28.5 Å². The SMILES string of the molecule is O=C(c1cn(-c2cccc(-c3ccccc3)c2)c2cc(Cl)ccc12)N1CCC2(CC1)OCc1ccccc12. The Morgan fingerprint density at radius 2 is 1.58 bits per heavy atom. The molecule has 7 rings (SSSR count). The van der Waals surface area contributed by atoms with Crippen molar-refractivity contribution in [3.63, 3.8) is 0 Å². The van der Waals surface area contributed by atoms with Crippen LogP contribution in [0.5, 0.6) is 0 Å². The maximum absolute atomic E-state index is 13.9. The first-order valence-electron chi connectivity index (χ1n) is 13.1. The summed E-state index contributed by atoms with van der Waals surface area (Å²) in [5, 5.41) is 1.55. The standard InChI is InChI=1S/C33H27ClN2O2/c34-26-13-14-28-29(32(37)35-17-15-33(16-18-35)30-12-5-4-9-25(30)22-38-33)21-36(31(28)20-26)27-11-6-10-24(19-27)23-7-2-1-3-8-23/h1-14,19-21H,15-18,22H2. The highest BCUT2D eigenvalue weighted by Crippen LogP contribution is 2.44. The number of carbonyl (C=O) groups is 1. The summed E-state index contributed by atoms with van der Waals surface area (Å²) in [5.74, 6) is 0.0522. The van der Waals surface area contributed by atoms with Gasteiger partial charge in [0.15, 0.2) is 0 Å². The van der Waals surface area contributed by atoms with Crippen LogP contribution in [0.15, 0.2) is 103 Å². The smallest absolute Gasteiger partial charge is 0.256 e. The number of ether oxygens (including phenoxy) is 1. The highest BCUT2D eigenvalue weighted by molar-refractivity contribution is 6.31. The minimum atomic E-state index is -0.271. The van der Waals surface area contributed by atoms with E-state index in [2.05, 4.69) is 65.2 Å². The molecule has 2 aliphatic rings. The Kier molecular flexibility index (Phi) is 5.61. The van der Waals surface area contributed by atoms with Gasteiger partial charge in [0, 0.05) is 35.4 Å². The first kappa shape index (κ1) is 23.3. The third-order valence-corrected chi connectivity index (χ3v) is 8.34. The highest BCUT2D eigenvalue weighted by atomic mass is 35.5. The monoisotopic (exact) mass is 518 g/mol. The second kappa shape index (κ2) is 9.16. The van der Waals surface area contributed by atoms with Crippen LogP contribution in [0.3, 0.4) is 0 Å². The summed E-state index contributed by atoms with van der Waals surface area (Å²) in [4.78, 5) is 15.9. The lowest BCUT2D eigenvalue weighted by molar-refractivity contribution is -0.0741. The van der Waals surface area contributed by atoms with E-state index in [9.17, 15) is 4.79 Å². The van der Waals surface area contributed by atoms with Crippen molar-refractivity contribution in [2.24, 2.45) is 0 Å². The number of halogens is 1. The molecule has 188 valence electrons. The second-order valence-corrected chi connectivity index (χ2v) is 10.7. The van der Waals surface area contributed by atoms with Gasteiger partial charge < -0.3 is 14.2 Å². The maximum Gasteiger partial charge on any atom is 0.256 e. The lowest BCUT2D eigenvalue weighted by Gasteiger charge is -2.39. The molecule has 5 aromatic rings. The van der Waals surface area contributed by atoms with Gasteiger partial charge in [-0.3, -0.25) is 4.79 Å². The summed E-state index contributed by atoms with van der Waals surface area (Å²) in [5.41, 5.74) is 7.18. The minimum Gasteiger partial charge on any atom is -0.365 e. The zero-order chi connectivity index (χ0) is 25.7. The van der Waals surface area contributed by atoms with Crippen molar-refractivity contribution in [2.45, 2.75) is 25.0 Å². The molecule has 0 atom stereocenters. The number of amides is 1. The zero-order valence-electron chi connectivity index (χ0n) is 20.9. The molecule has 0 N–H and O–H groups in total. The fourth-order valence-corrected chi connectivity index (χ4v) is 6.26. The molecule has 1 spiro atoms. The first-order valence-corrected chi connectivity index (χ1v) is 13.5. The van der Waals surface area contributed by atoms with Crippen LogP contribution in [0.1, 0.15) is 34.3 Å². The van der Waals surface area contributed by atoms with Crippen LogP contribution >= 0.6 is 11.6 Å². The molecule has 0 radical (unpaired) electrons. The van der Waals surface area contributed by atoms with Crippen LogP contribution < -0.4 is 0 Å². The van der Waals surface area contributed by atoms with Gasteiger partial charge in [0.1, 0.15) is 0 Å². The Morgan fingerprint density at radius 1 is 0.816 bits per heavy atom. The number of benzene rings is 4. The Hall–Kier alpha value is -3.86. The molecule has 4 nitrogen and oxygen atoms in total. The number of likely N-dealkylation sites (tertiary alicyclic amines) is 1. The van der Waals surface area contributed by atoms with E-state index in [-0.39, 0.29) is 11.5 Å². The molecule has 2 aliphatic heterocycles. The van der Waals surface area contributed by atoms with Crippen LogP contribution in [0.4, 0.5) is 0 Å². The zero-order valence-corrected chi connectivity index (χ0v) is 21.7. The molecular weight excluding hydrogens is 492 g/mol. The predicted molar refractivity (Wildman–Crippen MR) is 152 cm³/mol. The summed E-state index contributed by atoms with van der Waals surface area (Å²) in [6.45, 7) is 1.98. The topological polar surface area (TPSA) is 34.5 Å². The normalized spacial score (nSPS) is 16.2. The molecule has 0 unspecified atom stereocenters. The van der Waals surface area contributed by atoms with Crippen molar-refractivity contribution in [3.05, 3.63) is 125 Å². The van der Waals surface area contributed by atoms with Gasteiger partial charge in [-0.1, -0.05) is 84.4 Å². The van der Waals surface area contributed by atoms with Gasteiger partial charge in [0.05, 0.1) is 23.3 Å². The largest absolute Gasteiger partial charge is 0.365 e. The Morgan fingerprint density at radius 3 is 2.42 bits per heavy atom. The van der Waals surface area contributed by atoms with E-state index in [1.54, 1.807) is 0 Å². The van der Waals surface area contributed by atoms with Gasteiger partial charge in [0.25, 0.3) is 5.91 Å². The third kappa shape index (κ3) is 3.84. The molecule has 0 saturated carbocycles. The summed E-state index contributed by atoms with van der Waals surface area (Å²) in [7, 11) is 0. The Bertz CT molecular complexity index is 1670. The van der Waals surface area contributed by atoms with Crippen molar-refractivity contribution < 1.29 is 9.53 Å². The van der Waals surface area contributed by atoms with Crippen molar-refractivity contribution in [2.75, 3.05) is 13.1 Å². The van der Waals surface area contributed by atoms with Crippen LogP contribution in [0.2, 0.25) is 5.02 Å². The second-order valence-electron chi connectivity index (χ2n) is 10.2. The molecule has 1 fully saturated rings. The van der Waals surface area contributed by atoms with Gasteiger partial charge in [-0.15, -0.1) is 0 Å². The van der Waals surface area contributed by atoms with Crippen LogP contribution in [0.25, 0.3) is 27.7 Å². The number of nitrogens with zero attached hydrogens (tertiary/aromatic N) is 2. The molecular formula is C33H27ClN2O2. The van der Waals surface area contributed by atoms with E-state index in [1.165, 1.54) is 11.1 Å². The molecule has 1 aromatic heterocycles. The van der Waals surface area contributed by atoms with Gasteiger partial charge in [-0.2, -0.15) is 0 Å². The number of hydrogen-bond acceptors (Lipinski definition) is 2. The highest BCUT2D eigenvalue weighted by Gasteiger charge is 2.43. The molecule has 5 heteroatoms. The number of aromatic nitrogens is 1. The fourth-order valence-electron chi connectivity index (χ4n) is 6.09. The van der Waals surface area contributed by atoms with E-state index in [4.69, 9.17) is 16.3 Å². The summed E-state index contributed by atoms with van der Waals surface area (Å²) in [6, 6.07) is 32.9. The Labute approximate surface area is 227 Å². The quantitative estimate of drug-likeness (QED) is 0.246. The van der Waals surface area contributed by atoms with Gasteiger partial charge in [-0.05, 0) is 59.4 Å². The molecule has 38 heavy (non-hydrogen) atoms. The third-order valence-electron chi connectivity index (χ3n) is 8.10. The van der Waals surface area contributed by atoms with Crippen molar-refractivity contribution >= 4 is 28.4 Å². The Balaban J connectivity index is 1.22. The first-order chi connectivity index (χ1) is 18.6. The lowest BCUT2D eigenvalue weighted by Crippen LogP contribution is -2.45. The maximum atomic E-state index is 13.9. The molecule has 3 heterocycles. The van der Waals surface area contributed by atoms with E-state index < -0.39 is 0 Å². The fraction of sp³-hybridized carbons (Fsp3) is 0.182. The molecule has 1 saturated heterocycles. The number of piperidine rings is 1. The summed E-state index contributed by atoms with van der Waals surface area (Å²) >= 11 is 6.43. The van der Waals surface area contributed by atoms with Crippen LogP contribution in [-0.2, 0) is 16.9 Å². The average Bonchev–Trinajstić information content (AvgIpc) is 3.52.